The Bertz CT molecular complexity index is 938. The van der Waals surface area contributed by atoms with E-state index in [1.54, 1.807) is 17.2 Å². The summed E-state index contributed by atoms with van der Waals surface area (Å²) in [5.74, 6) is 1.70. The van der Waals surface area contributed by atoms with Gasteiger partial charge in [-0.15, -0.1) is 0 Å². The van der Waals surface area contributed by atoms with Crippen LogP contribution in [0, 0.1) is 5.92 Å². The highest BCUT2D eigenvalue weighted by Gasteiger charge is 2.37. The highest BCUT2D eigenvalue weighted by atomic mass is 16.6. The molecule has 1 aliphatic rings. The van der Waals surface area contributed by atoms with Crippen molar-refractivity contribution >= 4 is 29.0 Å². The zero-order chi connectivity index (χ0) is 19.0. The van der Waals surface area contributed by atoms with Crippen molar-refractivity contribution < 1.29 is 13.9 Å². The first-order valence-electron chi connectivity index (χ1n) is 8.94. The lowest BCUT2D eigenvalue weighted by molar-refractivity contribution is 0.177. The fourth-order valence-electron chi connectivity index (χ4n) is 3.07. The lowest BCUT2D eigenvalue weighted by Crippen LogP contribution is -2.37. The molecule has 0 aliphatic carbocycles. The second-order valence-electron chi connectivity index (χ2n) is 6.88. The number of carbonyl (C=O) groups excluding carboxylic acids is 1. The molecule has 1 N–H and O–H groups in total. The largest absolute Gasteiger partial charge is 0.447 e. The van der Waals surface area contributed by atoms with Gasteiger partial charge >= 0.3 is 6.09 Å². The monoisotopic (exact) mass is 367 g/mol. The van der Waals surface area contributed by atoms with Gasteiger partial charge in [-0.25, -0.2) is 14.8 Å². The van der Waals surface area contributed by atoms with Crippen molar-refractivity contribution in [3.63, 3.8) is 0 Å². The van der Waals surface area contributed by atoms with E-state index in [0.29, 0.717) is 24.3 Å². The molecule has 3 heterocycles. The number of amides is 1. The summed E-state index contributed by atoms with van der Waals surface area (Å²) in [6.07, 6.45) is 1.23. The van der Waals surface area contributed by atoms with Crippen LogP contribution >= 0.6 is 0 Å². The Hall–Kier alpha value is -3.16. The van der Waals surface area contributed by atoms with Crippen molar-refractivity contribution in [3.8, 4) is 0 Å². The van der Waals surface area contributed by atoms with Gasteiger partial charge in [-0.1, -0.05) is 26.0 Å². The number of fused-ring (bicyclic) bond motifs is 1. The van der Waals surface area contributed by atoms with E-state index in [9.17, 15) is 4.79 Å². The molecule has 8 heteroatoms. The first kappa shape index (κ1) is 17.3. The molecule has 4 rings (SSSR count). The van der Waals surface area contributed by atoms with Gasteiger partial charge < -0.3 is 14.5 Å². The third-order valence-electron chi connectivity index (χ3n) is 4.59. The maximum Gasteiger partial charge on any atom is 0.415 e. The van der Waals surface area contributed by atoms with Gasteiger partial charge in [-0.05, 0) is 31.0 Å². The normalized spacial score (nSPS) is 18.1. The molecule has 0 saturated carbocycles. The molecule has 1 saturated heterocycles. The number of oxazole rings is 1. The van der Waals surface area contributed by atoms with Crippen LogP contribution in [-0.4, -0.2) is 33.7 Å². The van der Waals surface area contributed by atoms with Gasteiger partial charge in [0.05, 0.1) is 6.04 Å². The summed E-state index contributed by atoms with van der Waals surface area (Å²) in [5.41, 5.74) is 1.53. The van der Waals surface area contributed by atoms with Gasteiger partial charge in [-0.2, -0.15) is 4.98 Å². The van der Waals surface area contributed by atoms with Crippen molar-refractivity contribution in [1.82, 2.24) is 15.0 Å². The number of nitrogens with one attached hydrogen (secondary N) is 1. The predicted molar refractivity (Wildman–Crippen MR) is 101 cm³/mol. The number of hydrogen-bond donors (Lipinski definition) is 1. The molecule has 0 spiro atoms. The number of carbonyl (C=O) groups is 1. The third-order valence-corrected chi connectivity index (χ3v) is 4.59. The molecule has 0 radical (unpaired) electrons. The van der Waals surface area contributed by atoms with Crippen molar-refractivity contribution in [2.45, 2.75) is 32.9 Å². The molecule has 8 nitrogen and oxygen atoms in total. The topological polar surface area (TPSA) is 93.4 Å². The van der Waals surface area contributed by atoms with E-state index in [0.717, 1.165) is 11.1 Å². The molecule has 1 aliphatic heterocycles. The summed E-state index contributed by atoms with van der Waals surface area (Å²) in [6.45, 7) is 6.38. The summed E-state index contributed by atoms with van der Waals surface area (Å²) in [6, 6.07) is 9.02. The van der Waals surface area contributed by atoms with Crippen LogP contribution in [0.1, 0.15) is 32.7 Å². The van der Waals surface area contributed by atoms with Crippen LogP contribution in [-0.2, 0) is 4.74 Å². The molecule has 3 aromatic rings. The Balaban J connectivity index is 1.56. The Kier molecular flexibility index (Phi) is 4.39. The summed E-state index contributed by atoms with van der Waals surface area (Å²) >= 11 is 0. The van der Waals surface area contributed by atoms with E-state index >= 15 is 0 Å². The van der Waals surface area contributed by atoms with Crippen LogP contribution in [0.4, 0.5) is 16.6 Å². The first-order valence-corrected chi connectivity index (χ1v) is 8.94. The Labute approximate surface area is 156 Å². The van der Waals surface area contributed by atoms with Crippen molar-refractivity contribution in [1.29, 1.82) is 0 Å². The molecule has 140 valence electrons. The summed E-state index contributed by atoms with van der Waals surface area (Å²) in [5, 5.41) is 3.18. The molecule has 2 atom stereocenters. The smallest absolute Gasteiger partial charge is 0.415 e. The zero-order valence-electron chi connectivity index (χ0n) is 15.4. The van der Waals surface area contributed by atoms with E-state index in [4.69, 9.17) is 9.15 Å². The van der Waals surface area contributed by atoms with Crippen LogP contribution in [0.15, 0.2) is 40.9 Å². The Morgan fingerprint density at radius 2 is 2.00 bits per heavy atom. The second-order valence-corrected chi connectivity index (χ2v) is 6.88. The number of cyclic esters (lactones) is 1. The fourth-order valence-corrected chi connectivity index (χ4v) is 3.07. The SMILES string of the molecule is CC(C)C1COC(=O)N1c1ccnc(N[C@H](C)c2nc3ccccc3o2)n1. The zero-order valence-corrected chi connectivity index (χ0v) is 15.4. The van der Waals surface area contributed by atoms with Crippen LogP contribution in [0.5, 0.6) is 0 Å². The van der Waals surface area contributed by atoms with Gasteiger partial charge in [0, 0.05) is 6.20 Å². The van der Waals surface area contributed by atoms with E-state index in [1.807, 2.05) is 31.2 Å². The number of ether oxygens (including phenoxy) is 1. The minimum absolute atomic E-state index is 0.0466. The first-order chi connectivity index (χ1) is 13.0. The number of rotatable bonds is 5. The lowest BCUT2D eigenvalue weighted by atomic mass is 10.0. The molecule has 0 bridgehead atoms. The standard InChI is InChI=1S/C19H21N5O3/c1-11(2)14-10-26-19(25)24(14)16-8-9-20-18(23-16)21-12(3)17-22-13-6-4-5-7-15(13)27-17/h4-9,11-12,14H,10H2,1-3H3,(H,20,21,23)/t12-,14?/m1/s1. The molecule has 1 amide bonds. The van der Waals surface area contributed by atoms with E-state index in [2.05, 4.69) is 34.1 Å². The molecule has 2 aromatic heterocycles. The van der Waals surface area contributed by atoms with E-state index in [-0.39, 0.29) is 24.1 Å². The number of benzene rings is 1. The third kappa shape index (κ3) is 3.30. The predicted octanol–water partition coefficient (Wildman–Crippen LogP) is 3.77. The molecule has 1 aromatic carbocycles. The minimum atomic E-state index is -0.384. The number of aromatic nitrogens is 3. The van der Waals surface area contributed by atoms with Gasteiger partial charge in [0.2, 0.25) is 11.8 Å². The number of anilines is 2. The van der Waals surface area contributed by atoms with Gasteiger partial charge in [-0.3, -0.25) is 4.90 Å². The number of hydrogen-bond acceptors (Lipinski definition) is 7. The van der Waals surface area contributed by atoms with Gasteiger partial charge in [0.15, 0.2) is 5.58 Å². The average Bonchev–Trinajstić information content (AvgIpc) is 3.25. The maximum absolute atomic E-state index is 12.1. The molecule has 1 unspecified atom stereocenters. The lowest BCUT2D eigenvalue weighted by Gasteiger charge is -2.23. The highest BCUT2D eigenvalue weighted by Crippen LogP contribution is 2.27. The molecule has 1 fully saturated rings. The number of nitrogens with zero attached hydrogens (tertiary/aromatic N) is 4. The minimum Gasteiger partial charge on any atom is -0.447 e. The molecular formula is C19H21N5O3. The van der Waals surface area contributed by atoms with E-state index in [1.165, 1.54) is 0 Å². The fraction of sp³-hybridized carbons (Fsp3) is 0.368. The van der Waals surface area contributed by atoms with Crippen molar-refractivity contribution in [3.05, 3.63) is 42.4 Å². The quantitative estimate of drug-likeness (QED) is 0.733. The highest BCUT2D eigenvalue weighted by molar-refractivity contribution is 5.89. The molecular weight excluding hydrogens is 346 g/mol. The Morgan fingerprint density at radius 3 is 2.78 bits per heavy atom. The van der Waals surface area contributed by atoms with Crippen LogP contribution in [0.3, 0.4) is 0 Å². The van der Waals surface area contributed by atoms with Gasteiger partial charge in [0.1, 0.15) is 24.0 Å². The van der Waals surface area contributed by atoms with Crippen molar-refractivity contribution in [2.75, 3.05) is 16.8 Å². The van der Waals surface area contributed by atoms with E-state index < -0.39 is 0 Å². The summed E-state index contributed by atoms with van der Waals surface area (Å²) in [4.78, 5) is 27.0. The van der Waals surface area contributed by atoms with Crippen LogP contribution in [0.2, 0.25) is 0 Å². The average molecular weight is 367 g/mol. The summed E-state index contributed by atoms with van der Waals surface area (Å²) in [7, 11) is 0. The van der Waals surface area contributed by atoms with Crippen LogP contribution < -0.4 is 10.2 Å². The Morgan fingerprint density at radius 1 is 1.19 bits per heavy atom. The summed E-state index contributed by atoms with van der Waals surface area (Å²) < 4.78 is 11.0. The molecule has 27 heavy (non-hydrogen) atoms. The maximum atomic E-state index is 12.1. The van der Waals surface area contributed by atoms with Crippen LogP contribution in [0.25, 0.3) is 11.1 Å². The second kappa shape index (κ2) is 6.86. The number of para-hydroxylation sites is 2. The van der Waals surface area contributed by atoms with Gasteiger partial charge in [0.25, 0.3) is 0 Å². The van der Waals surface area contributed by atoms with Crippen molar-refractivity contribution in [2.24, 2.45) is 5.92 Å².